The lowest BCUT2D eigenvalue weighted by molar-refractivity contribution is -0.117. The fourth-order valence-corrected chi connectivity index (χ4v) is 2.13. The third kappa shape index (κ3) is 3.55. The first-order valence-electron chi connectivity index (χ1n) is 6.53. The number of rotatable bonds is 5. The number of hydrogen-bond acceptors (Lipinski definition) is 3. The predicted octanol–water partition coefficient (Wildman–Crippen LogP) is 3.08. The molecule has 1 aliphatic heterocycles. The van der Waals surface area contributed by atoms with Gasteiger partial charge < -0.3 is 14.1 Å². The lowest BCUT2D eigenvalue weighted by Gasteiger charge is -2.32. The van der Waals surface area contributed by atoms with Gasteiger partial charge in [-0.05, 0) is 46.9 Å². The largest absolute Gasteiger partial charge is 0.458 e. The van der Waals surface area contributed by atoms with Crippen molar-refractivity contribution in [3.05, 3.63) is 0 Å². The van der Waals surface area contributed by atoms with Gasteiger partial charge in [0.1, 0.15) is 5.78 Å². The van der Waals surface area contributed by atoms with Crippen LogP contribution in [0.3, 0.4) is 0 Å². The molecule has 1 rings (SSSR count). The zero-order valence-corrected chi connectivity index (χ0v) is 12.0. The molecule has 0 N–H and O–H groups in total. The van der Waals surface area contributed by atoms with Gasteiger partial charge in [0.05, 0.1) is 11.2 Å². The van der Waals surface area contributed by atoms with E-state index in [-0.39, 0.29) is 24.1 Å². The Morgan fingerprint density at radius 3 is 2.00 bits per heavy atom. The summed E-state index contributed by atoms with van der Waals surface area (Å²) < 4.78 is 11.9. The molecule has 1 unspecified atom stereocenters. The maximum absolute atomic E-state index is 11.2. The molecular weight excluding hydrogens is 215 g/mol. The summed E-state index contributed by atoms with van der Waals surface area (Å²) in [6, 6.07) is 0. The second-order valence-electron chi connectivity index (χ2n) is 6.10. The highest BCUT2D eigenvalue weighted by molar-refractivity contribution is 6.45. The molecule has 0 radical (unpaired) electrons. The molecule has 0 aromatic carbocycles. The van der Waals surface area contributed by atoms with Crippen LogP contribution in [0, 0.1) is 5.92 Å². The Balaban J connectivity index is 2.57. The fourth-order valence-electron chi connectivity index (χ4n) is 2.13. The summed E-state index contributed by atoms with van der Waals surface area (Å²) in [4.78, 5) is 11.2. The first-order valence-corrected chi connectivity index (χ1v) is 6.53. The topological polar surface area (TPSA) is 35.5 Å². The summed E-state index contributed by atoms with van der Waals surface area (Å²) >= 11 is 0. The van der Waals surface area contributed by atoms with Gasteiger partial charge in [-0.15, -0.1) is 0 Å². The van der Waals surface area contributed by atoms with Gasteiger partial charge in [0.25, 0.3) is 0 Å². The minimum Gasteiger partial charge on any atom is -0.403 e. The quantitative estimate of drug-likeness (QED) is 0.692. The molecule has 1 atom stereocenters. The Morgan fingerprint density at radius 2 is 1.65 bits per heavy atom. The molecule has 1 fully saturated rings. The zero-order valence-electron chi connectivity index (χ0n) is 12.0. The molecule has 3 nitrogen and oxygen atoms in total. The summed E-state index contributed by atoms with van der Waals surface area (Å²) in [5.74, 6) is 0.607. The van der Waals surface area contributed by atoms with Gasteiger partial charge >= 0.3 is 7.12 Å². The summed E-state index contributed by atoms with van der Waals surface area (Å²) in [5.41, 5.74) is -0.543. The molecule has 0 bridgehead atoms. The van der Waals surface area contributed by atoms with Crippen molar-refractivity contribution in [2.75, 3.05) is 0 Å². The van der Waals surface area contributed by atoms with Gasteiger partial charge in [-0.25, -0.2) is 0 Å². The van der Waals surface area contributed by atoms with Crippen molar-refractivity contribution < 1.29 is 14.1 Å². The Hall–Kier alpha value is -0.345. The van der Waals surface area contributed by atoms with E-state index in [0.29, 0.717) is 12.3 Å². The Morgan fingerprint density at radius 1 is 1.18 bits per heavy atom. The second-order valence-corrected chi connectivity index (χ2v) is 6.10. The SMILES string of the molecule is CCC(CB1OC(C)(C)C(C)(C)O1)CC(C)=O. The number of Topliss-reactive ketones (excluding diaryl/α,β-unsaturated/α-hetero) is 1. The summed E-state index contributed by atoms with van der Waals surface area (Å²) in [6.07, 6.45) is 2.42. The molecule has 1 saturated heterocycles. The van der Waals surface area contributed by atoms with E-state index in [1.807, 2.05) is 0 Å². The molecular formula is C13H25BO3. The molecule has 0 spiro atoms. The van der Waals surface area contributed by atoms with Crippen LogP contribution in [0.1, 0.15) is 54.4 Å². The Bertz CT molecular complexity index is 270. The maximum Gasteiger partial charge on any atom is 0.458 e. The first-order chi connectivity index (χ1) is 7.68. The highest BCUT2D eigenvalue weighted by atomic mass is 16.7. The van der Waals surface area contributed by atoms with E-state index in [4.69, 9.17) is 9.31 Å². The first kappa shape index (κ1) is 14.7. The van der Waals surface area contributed by atoms with Crippen molar-refractivity contribution in [1.82, 2.24) is 0 Å². The average molecular weight is 240 g/mol. The highest BCUT2D eigenvalue weighted by Crippen LogP contribution is 2.39. The molecule has 0 aromatic heterocycles. The van der Waals surface area contributed by atoms with Gasteiger partial charge in [0.15, 0.2) is 0 Å². The standard InChI is InChI=1S/C13H25BO3/c1-7-11(8-10(2)15)9-14-16-12(3,4)13(5,6)17-14/h11H,7-9H2,1-6H3. The van der Waals surface area contributed by atoms with E-state index in [0.717, 1.165) is 12.7 Å². The molecule has 0 amide bonds. The molecule has 0 aromatic rings. The van der Waals surface area contributed by atoms with E-state index < -0.39 is 0 Å². The number of hydrogen-bond donors (Lipinski definition) is 0. The van der Waals surface area contributed by atoms with Crippen molar-refractivity contribution in [1.29, 1.82) is 0 Å². The van der Waals surface area contributed by atoms with Gasteiger partial charge in [-0.3, -0.25) is 0 Å². The minimum atomic E-state index is -0.272. The van der Waals surface area contributed by atoms with E-state index in [1.165, 1.54) is 0 Å². The van der Waals surface area contributed by atoms with E-state index in [2.05, 4.69) is 34.6 Å². The van der Waals surface area contributed by atoms with Crippen LogP contribution in [0.5, 0.6) is 0 Å². The zero-order chi connectivity index (χ0) is 13.3. The monoisotopic (exact) mass is 240 g/mol. The summed E-state index contributed by atoms with van der Waals surface area (Å²) in [6.45, 7) is 12.0. The number of ketones is 1. The predicted molar refractivity (Wildman–Crippen MR) is 70.0 cm³/mol. The molecule has 0 aliphatic carbocycles. The van der Waals surface area contributed by atoms with Crippen LogP contribution < -0.4 is 0 Å². The smallest absolute Gasteiger partial charge is 0.403 e. The molecule has 17 heavy (non-hydrogen) atoms. The molecule has 0 saturated carbocycles. The van der Waals surface area contributed by atoms with Crippen molar-refractivity contribution in [2.24, 2.45) is 5.92 Å². The van der Waals surface area contributed by atoms with Crippen molar-refractivity contribution in [3.63, 3.8) is 0 Å². The van der Waals surface area contributed by atoms with Crippen LogP contribution in [0.25, 0.3) is 0 Å². The van der Waals surface area contributed by atoms with Gasteiger partial charge in [0, 0.05) is 6.42 Å². The average Bonchev–Trinajstić information content (AvgIpc) is 2.33. The highest BCUT2D eigenvalue weighted by Gasteiger charge is 2.51. The molecule has 98 valence electrons. The lowest BCUT2D eigenvalue weighted by Crippen LogP contribution is -2.41. The van der Waals surface area contributed by atoms with Crippen molar-refractivity contribution in [3.8, 4) is 0 Å². The van der Waals surface area contributed by atoms with E-state index >= 15 is 0 Å². The van der Waals surface area contributed by atoms with Crippen molar-refractivity contribution >= 4 is 12.9 Å². The van der Waals surface area contributed by atoms with Crippen LogP contribution in [0.2, 0.25) is 6.32 Å². The Labute approximate surface area is 105 Å². The lowest BCUT2D eigenvalue weighted by atomic mass is 9.75. The minimum absolute atomic E-state index is 0.177. The van der Waals surface area contributed by atoms with Crippen LogP contribution in [0.15, 0.2) is 0 Å². The van der Waals surface area contributed by atoms with Crippen LogP contribution >= 0.6 is 0 Å². The van der Waals surface area contributed by atoms with Crippen LogP contribution in [0.4, 0.5) is 0 Å². The number of carbonyl (C=O) groups is 1. The maximum atomic E-state index is 11.2. The summed E-state index contributed by atoms with van der Waals surface area (Å²) in [7, 11) is -0.177. The second kappa shape index (κ2) is 5.11. The third-order valence-electron chi connectivity index (χ3n) is 3.98. The Kier molecular flexibility index (Phi) is 4.42. The third-order valence-corrected chi connectivity index (χ3v) is 3.98. The van der Waals surface area contributed by atoms with Gasteiger partial charge in [-0.2, -0.15) is 0 Å². The van der Waals surface area contributed by atoms with Gasteiger partial charge in [0.2, 0.25) is 0 Å². The van der Waals surface area contributed by atoms with Crippen molar-refractivity contribution in [2.45, 2.75) is 71.9 Å². The van der Waals surface area contributed by atoms with Crippen LogP contribution in [-0.4, -0.2) is 24.1 Å². The van der Waals surface area contributed by atoms with Crippen LogP contribution in [-0.2, 0) is 14.1 Å². The van der Waals surface area contributed by atoms with E-state index in [1.54, 1.807) is 6.92 Å². The number of carbonyl (C=O) groups excluding carboxylic acids is 1. The van der Waals surface area contributed by atoms with Gasteiger partial charge in [-0.1, -0.05) is 13.3 Å². The molecule has 1 aliphatic rings. The molecule has 4 heteroatoms. The van der Waals surface area contributed by atoms with E-state index in [9.17, 15) is 4.79 Å². The summed E-state index contributed by atoms with van der Waals surface area (Å²) in [5, 5.41) is 0. The molecule has 1 heterocycles. The fraction of sp³-hybridized carbons (Fsp3) is 0.923. The normalized spacial score (nSPS) is 23.8.